The molecule has 0 bridgehead atoms. The number of nitrogens with one attached hydrogen (secondary N) is 2. The summed E-state index contributed by atoms with van der Waals surface area (Å²) < 4.78 is 6.04. The molecule has 5 rings (SSSR count). The molecule has 8 nitrogen and oxygen atoms in total. The van der Waals surface area contributed by atoms with Gasteiger partial charge in [0.25, 0.3) is 11.8 Å². The van der Waals surface area contributed by atoms with E-state index in [1.807, 2.05) is 44.2 Å². The number of imide groups is 1. The fraction of sp³-hybridized carbons (Fsp3) is 0.333. The van der Waals surface area contributed by atoms with Gasteiger partial charge in [0.1, 0.15) is 17.1 Å². The van der Waals surface area contributed by atoms with Gasteiger partial charge in [0.2, 0.25) is 0 Å². The van der Waals surface area contributed by atoms with E-state index in [9.17, 15) is 19.2 Å². The molecule has 1 saturated heterocycles. The first kappa shape index (κ1) is 22.8. The van der Waals surface area contributed by atoms with Crippen LogP contribution >= 0.6 is 0 Å². The highest BCUT2D eigenvalue weighted by Crippen LogP contribution is 2.34. The van der Waals surface area contributed by atoms with Crippen LogP contribution in [0, 0.1) is 0 Å². The van der Waals surface area contributed by atoms with Crippen molar-refractivity contribution in [2.45, 2.75) is 51.6 Å². The highest BCUT2D eigenvalue weighted by atomic mass is 16.3. The van der Waals surface area contributed by atoms with Gasteiger partial charge >= 0.3 is 6.03 Å². The number of carbonyl (C=O) groups is 4. The highest BCUT2D eigenvalue weighted by molar-refractivity contribution is 6.08. The molecule has 3 heterocycles. The molecule has 0 aliphatic carbocycles. The second-order valence-electron chi connectivity index (χ2n) is 9.27. The second-order valence-corrected chi connectivity index (χ2v) is 9.27. The van der Waals surface area contributed by atoms with Gasteiger partial charge in [0.05, 0.1) is 6.54 Å². The first-order valence-corrected chi connectivity index (χ1v) is 11.9. The van der Waals surface area contributed by atoms with Gasteiger partial charge in [-0.3, -0.25) is 19.7 Å². The van der Waals surface area contributed by atoms with Crippen LogP contribution in [0.3, 0.4) is 0 Å². The van der Waals surface area contributed by atoms with Gasteiger partial charge in [0, 0.05) is 30.3 Å². The van der Waals surface area contributed by atoms with E-state index in [0.717, 1.165) is 34.9 Å². The van der Waals surface area contributed by atoms with E-state index in [4.69, 9.17) is 4.42 Å². The number of fused-ring (bicyclic) bond motifs is 2. The van der Waals surface area contributed by atoms with Crippen LogP contribution in [0.2, 0.25) is 0 Å². The number of carbonyl (C=O) groups excluding carboxylic acids is 4. The number of nitrogens with zero attached hydrogens (tertiary/aromatic N) is 1. The Morgan fingerprint density at radius 1 is 1.06 bits per heavy atom. The lowest BCUT2D eigenvalue weighted by molar-refractivity contribution is -0.125. The minimum absolute atomic E-state index is 0.0682. The van der Waals surface area contributed by atoms with E-state index in [0.29, 0.717) is 30.5 Å². The summed E-state index contributed by atoms with van der Waals surface area (Å²) in [6, 6.07) is 12.3. The molecule has 180 valence electrons. The smallest absolute Gasteiger partial charge is 0.322 e. The summed E-state index contributed by atoms with van der Waals surface area (Å²) in [4.78, 5) is 52.2. The maximum absolute atomic E-state index is 13.2. The highest BCUT2D eigenvalue weighted by Gasteiger charge is 2.53. The molecule has 0 radical (unpaired) electrons. The largest absolute Gasteiger partial charge is 0.458 e. The predicted octanol–water partition coefficient (Wildman–Crippen LogP) is 3.60. The molecule has 1 aromatic heterocycles. The molecule has 2 aromatic carbocycles. The van der Waals surface area contributed by atoms with Crippen LogP contribution in [0.4, 0.5) is 4.79 Å². The number of furan rings is 1. The maximum atomic E-state index is 13.2. The molecule has 0 spiro atoms. The van der Waals surface area contributed by atoms with Crippen LogP contribution < -0.4 is 10.6 Å². The Kier molecular flexibility index (Phi) is 5.67. The third-order valence-electron chi connectivity index (χ3n) is 6.76. The Hall–Kier alpha value is -3.94. The standard InChI is InChI=1S/C27H27N3O5/c1-3-5-20(31)11-17-7-9-22-19(10-17)13-23(35-22)27(25(33)28-26(34)29-27)15-30-14-18-8-6-16(4-2)12-21(18)24(30)32/h6-10,12-13H,3-5,11,14-15H2,1-2H3,(H2,28,29,33,34)/t27-/m0/s1. The zero-order chi connectivity index (χ0) is 24.7. The van der Waals surface area contributed by atoms with E-state index in [1.54, 1.807) is 17.0 Å². The van der Waals surface area contributed by atoms with Crippen molar-refractivity contribution >= 4 is 34.6 Å². The van der Waals surface area contributed by atoms with Crippen molar-refractivity contribution in [1.29, 1.82) is 0 Å². The minimum Gasteiger partial charge on any atom is -0.458 e. The maximum Gasteiger partial charge on any atom is 0.322 e. The zero-order valence-electron chi connectivity index (χ0n) is 19.8. The monoisotopic (exact) mass is 473 g/mol. The average molecular weight is 474 g/mol. The Morgan fingerprint density at radius 2 is 1.86 bits per heavy atom. The summed E-state index contributed by atoms with van der Waals surface area (Å²) in [5.74, 6) is -0.354. The van der Waals surface area contributed by atoms with Gasteiger partial charge in [-0.05, 0) is 53.8 Å². The number of aryl methyl sites for hydroxylation is 1. The zero-order valence-corrected chi connectivity index (χ0v) is 19.8. The first-order valence-electron chi connectivity index (χ1n) is 11.9. The summed E-state index contributed by atoms with van der Waals surface area (Å²) in [6.45, 7) is 4.27. The quantitative estimate of drug-likeness (QED) is 0.486. The molecule has 1 fully saturated rings. The Balaban J connectivity index is 1.48. The number of rotatable bonds is 8. The summed E-state index contributed by atoms with van der Waals surface area (Å²) in [6.07, 6.45) is 2.46. The Labute approximate surface area is 202 Å². The lowest BCUT2D eigenvalue weighted by atomic mass is 9.95. The van der Waals surface area contributed by atoms with Crippen LogP contribution in [0.5, 0.6) is 0 Å². The van der Waals surface area contributed by atoms with Crippen molar-refractivity contribution in [3.63, 3.8) is 0 Å². The van der Waals surface area contributed by atoms with Crippen LogP contribution in [0.25, 0.3) is 11.0 Å². The van der Waals surface area contributed by atoms with Gasteiger partial charge in [-0.25, -0.2) is 4.79 Å². The number of urea groups is 1. The van der Waals surface area contributed by atoms with E-state index in [-0.39, 0.29) is 24.0 Å². The fourth-order valence-corrected chi connectivity index (χ4v) is 4.90. The molecule has 35 heavy (non-hydrogen) atoms. The second kappa shape index (κ2) is 8.69. The van der Waals surface area contributed by atoms with Gasteiger partial charge < -0.3 is 14.6 Å². The van der Waals surface area contributed by atoms with Crippen molar-refractivity contribution in [2.24, 2.45) is 0 Å². The van der Waals surface area contributed by atoms with Crippen molar-refractivity contribution in [1.82, 2.24) is 15.5 Å². The molecule has 2 aliphatic heterocycles. The van der Waals surface area contributed by atoms with Gasteiger partial charge in [0.15, 0.2) is 5.54 Å². The van der Waals surface area contributed by atoms with Crippen LogP contribution in [-0.2, 0) is 34.5 Å². The van der Waals surface area contributed by atoms with Crippen LogP contribution in [-0.4, -0.2) is 35.1 Å². The molecule has 2 N–H and O–H groups in total. The van der Waals surface area contributed by atoms with Crippen LogP contribution in [0.15, 0.2) is 46.9 Å². The number of benzene rings is 2. The summed E-state index contributed by atoms with van der Waals surface area (Å²) in [5, 5.41) is 5.73. The van der Waals surface area contributed by atoms with Crippen molar-refractivity contribution in [3.8, 4) is 0 Å². The molecule has 3 aromatic rings. The van der Waals surface area contributed by atoms with E-state index in [2.05, 4.69) is 10.6 Å². The summed E-state index contributed by atoms with van der Waals surface area (Å²) >= 11 is 0. The average Bonchev–Trinajstić information content (AvgIpc) is 3.47. The van der Waals surface area contributed by atoms with Crippen LogP contribution in [0.1, 0.15) is 59.5 Å². The van der Waals surface area contributed by atoms with Gasteiger partial charge in [-0.1, -0.05) is 32.0 Å². The third kappa shape index (κ3) is 3.99. The third-order valence-corrected chi connectivity index (χ3v) is 6.76. The van der Waals surface area contributed by atoms with Crippen molar-refractivity contribution in [3.05, 3.63) is 70.5 Å². The van der Waals surface area contributed by atoms with E-state index < -0.39 is 17.5 Å². The van der Waals surface area contributed by atoms with Gasteiger partial charge in [-0.15, -0.1) is 0 Å². The molecule has 8 heteroatoms. The van der Waals surface area contributed by atoms with Crippen molar-refractivity contribution < 1.29 is 23.6 Å². The topological polar surface area (TPSA) is 109 Å². The molecule has 0 saturated carbocycles. The number of amides is 4. The number of hydrogen-bond donors (Lipinski definition) is 2. The Bertz CT molecular complexity index is 1370. The number of ketones is 1. The SMILES string of the molecule is CCCC(=O)Cc1ccc2oc([C@]3(CN4Cc5ccc(CC)cc5C4=O)NC(=O)NC3=O)cc2c1. The minimum atomic E-state index is -1.56. The Morgan fingerprint density at radius 3 is 2.57 bits per heavy atom. The molecular formula is C27H27N3O5. The molecule has 2 aliphatic rings. The van der Waals surface area contributed by atoms with E-state index in [1.165, 1.54) is 0 Å². The normalized spacial score (nSPS) is 19.3. The summed E-state index contributed by atoms with van der Waals surface area (Å²) in [5.41, 5.74) is 2.40. The molecule has 4 amide bonds. The molecule has 1 atom stereocenters. The number of hydrogen-bond acceptors (Lipinski definition) is 5. The van der Waals surface area contributed by atoms with Gasteiger partial charge in [-0.2, -0.15) is 0 Å². The van der Waals surface area contributed by atoms with Crippen molar-refractivity contribution in [2.75, 3.05) is 6.54 Å². The predicted molar refractivity (Wildman–Crippen MR) is 129 cm³/mol. The first-order chi connectivity index (χ1) is 16.8. The summed E-state index contributed by atoms with van der Waals surface area (Å²) in [7, 11) is 0. The lowest BCUT2D eigenvalue weighted by Crippen LogP contribution is -2.52. The molecule has 0 unspecified atom stereocenters. The fourth-order valence-electron chi connectivity index (χ4n) is 4.90. The lowest BCUT2D eigenvalue weighted by Gasteiger charge is -2.29. The number of Topliss-reactive ketones (excluding diaryl/α,β-unsaturated/α-hetero) is 1. The molecular weight excluding hydrogens is 446 g/mol. The van der Waals surface area contributed by atoms with E-state index >= 15 is 0 Å².